The molecule has 78 heavy (non-hydrogen) atoms. The number of aliphatic hydroxyl groups excluding tert-OH is 1. The van der Waals surface area contributed by atoms with Crippen LogP contribution in [0.1, 0.15) is 329 Å². The number of hydrogen-bond acceptors (Lipinski definition) is 10. The summed E-state index contributed by atoms with van der Waals surface area (Å²) in [6.45, 7) is 4.68. The fourth-order valence-corrected chi connectivity index (χ4v) is 10.3. The van der Waals surface area contributed by atoms with Crippen LogP contribution in [0.2, 0.25) is 0 Å². The molecular formula is C66H123O11P. The molecule has 0 aliphatic carbocycles. The summed E-state index contributed by atoms with van der Waals surface area (Å²) in [6.07, 6.45) is 65.2. The minimum Gasteiger partial charge on any atom is -0.462 e. The third-order valence-electron chi connectivity index (χ3n) is 14.6. The second kappa shape index (κ2) is 60.8. The summed E-state index contributed by atoms with van der Waals surface area (Å²) in [7, 11) is -4.75. The van der Waals surface area contributed by atoms with Gasteiger partial charge in [0.15, 0.2) is 6.10 Å². The summed E-state index contributed by atoms with van der Waals surface area (Å²) in [5.74, 6) is -1.45. The Morgan fingerprint density at radius 3 is 0.987 bits per heavy atom. The van der Waals surface area contributed by atoms with Crippen LogP contribution in [0.3, 0.4) is 0 Å². The zero-order valence-electron chi connectivity index (χ0n) is 50.9. The van der Waals surface area contributed by atoms with Gasteiger partial charge in [-0.15, -0.1) is 0 Å². The zero-order chi connectivity index (χ0) is 56.9. The molecule has 0 radical (unpaired) electrons. The molecule has 0 aliphatic rings. The largest absolute Gasteiger partial charge is 0.472 e. The lowest BCUT2D eigenvalue weighted by Crippen LogP contribution is -2.30. The van der Waals surface area contributed by atoms with Crippen LogP contribution in [0.15, 0.2) is 36.5 Å². The van der Waals surface area contributed by atoms with Crippen molar-refractivity contribution >= 4 is 25.7 Å². The molecular weight excluding hydrogens is 1000 g/mol. The van der Waals surface area contributed by atoms with Gasteiger partial charge in [-0.3, -0.25) is 23.4 Å². The maximum absolute atomic E-state index is 13.0. The van der Waals surface area contributed by atoms with Crippen molar-refractivity contribution in [3.63, 3.8) is 0 Å². The van der Waals surface area contributed by atoms with Gasteiger partial charge in [-0.1, -0.05) is 288 Å². The average Bonchev–Trinajstić information content (AvgIpc) is 3.43. The molecule has 0 bridgehead atoms. The van der Waals surface area contributed by atoms with Gasteiger partial charge in [-0.05, 0) is 57.8 Å². The summed E-state index contributed by atoms with van der Waals surface area (Å²) in [6, 6.07) is 0. The lowest BCUT2D eigenvalue weighted by atomic mass is 10.0. The summed E-state index contributed by atoms with van der Waals surface area (Å²) >= 11 is 0. The molecule has 0 aromatic rings. The van der Waals surface area contributed by atoms with Crippen molar-refractivity contribution < 1.29 is 52.2 Å². The lowest BCUT2D eigenvalue weighted by molar-refractivity contribution is -0.161. The Morgan fingerprint density at radius 1 is 0.359 bits per heavy atom. The molecule has 0 saturated carbocycles. The number of esters is 3. The van der Waals surface area contributed by atoms with E-state index in [-0.39, 0.29) is 25.9 Å². The smallest absolute Gasteiger partial charge is 0.462 e. The Labute approximate surface area is 480 Å². The molecule has 0 rings (SSSR count). The Hall–Kier alpha value is -2.30. The number of hydrogen-bond donors (Lipinski definition) is 2. The van der Waals surface area contributed by atoms with E-state index >= 15 is 0 Å². The van der Waals surface area contributed by atoms with Crippen LogP contribution in [0, 0.1) is 0 Å². The summed E-state index contributed by atoms with van der Waals surface area (Å²) < 4.78 is 39.7. The van der Waals surface area contributed by atoms with E-state index in [9.17, 15) is 28.9 Å². The maximum Gasteiger partial charge on any atom is 0.472 e. The first-order valence-corrected chi connectivity index (χ1v) is 34.4. The third-order valence-corrected chi connectivity index (χ3v) is 15.5. The number of rotatable bonds is 62. The number of phosphoric ester groups is 1. The second-order valence-corrected chi connectivity index (χ2v) is 23.8. The normalized spacial score (nSPS) is 13.4. The van der Waals surface area contributed by atoms with Gasteiger partial charge >= 0.3 is 25.7 Å². The number of aliphatic hydroxyl groups is 1. The Kier molecular flexibility index (Phi) is 59.0. The number of ether oxygens (including phenoxy) is 3. The Morgan fingerprint density at radius 2 is 0.628 bits per heavy atom. The van der Waals surface area contributed by atoms with Crippen molar-refractivity contribution in [1.82, 2.24) is 0 Å². The highest BCUT2D eigenvalue weighted by atomic mass is 31.2. The first-order chi connectivity index (χ1) is 38.2. The van der Waals surface area contributed by atoms with Gasteiger partial charge in [0.25, 0.3) is 0 Å². The monoisotopic (exact) mass is 1120 g/mol. The summed E-state index contributed by atoms with van der Waals surface area (Å²) in [5.41, 5.74) is 0. The molecule has 0 saturated heterocycles. The Balaban J connectivity index is 4.68. The van der Waals surface area contributed by atoms with E-state index in [1.807, 2.05) is 0 Å². The highest BCUT2D eigenvalue weighted by molar-refractivity contribution is 7.47. The van der Waals surface area contributed by atoms with Crippen molar-refractivity contribution in [3.05, 3.63) is 36.5 Å². The Bertz CT molecular complexity index is 1450. The van der Waals surface area contributed by atoms with Crippen LogP contribution in [-0.4, -0.2) is 66.5 Å². The fraction of sp³-hybridized carbons (Fsp3) is 0.864. The molecule has 0 aromatic carbocycles. The lowest BCUT2D eigenvalue weighted by Gasteiger charge is -2.21. The van der Waals surface area contributed by atoms with Crippen LogP contribution < -0.4 is 0 Å². The molecule has 458 valence electrons. The molecule has 3 unspecified atom stereocenters. The van der Waals surface area contributed by atoms with Crippen molar-refractivity contribution in [3.8, 4) is 0 Å². The van der Waals surface area contributed by atoms with Crippen molar-refractivity contribution in [1.29, 1.82) is 0 Å². The van der Waals surface area contributed by atoms with Gasteiger partial charge in [-0.25, -0.2) is 4.57 Å². The summed E-state index contributed by atoms with van der Waals surface area (Å²) in [4.78, 5) is 48.7. The first kappa shape index (κ1) is 75.7. The van der Waals surface area contributed by atoms with E-state index < -0.39 is 57.8 Å². The van der Waals surface area contributed by atoms with E-state index in [0.717, 1.165) is 89.9 Å². The SMILES string of the molecule is CCCCC/C=C\C/C=C\C/C=C\CCCCCCCCC(=O)OCC(COP(=O)(O)OCC(CO)OC(=O)CCCCCCCCCCCCCCC)OC(=O)CCCCCCCCCCCCCCCCCCCCC. The minimum atomic E-state index is -4.75. The maximum atomic E-state index is 13.0. The first-order valence-electron chi connectivity index (χ1n) is 32.9. The van der Waals surface area contributed by atoms with Gasteiger partial charge < -0.3 is 24.2 Å². The van der Waals surface area contributed by atoms with Crippen molar-refractivity contribution in [2.24, 2.45) is 0 Å². The predicted molar refractivity (Wildman–Crippen MR) is 326 cm³/mol. The zero-order valence-corrected chi connectivity index (χ0v) is 51.8. The highest BCUT2D eigenvalue weighted by Gasteiger charge is 2.28. The van der Waals surface area contributed by atoms with Gasteiger partial charge in [0.1, 0.15) is 12.7 Å². The molecule has 2 N–H and O–H groups in total. The third kappa shape index (κ3) is 58.4. The number of carbonyl (C=O) groups is 3. The topological polar surface area (TPSA) is 155 Å². The average molecular weight is 1120 g/mol. The van der Waals surface area contributed by atoms with E-state index in [2.05, 4.69) is 57.2 Å². The summed E-state index contributed by atoms with van der Waals surface area (Å²) in [5, 5.41) is 9.84. The van der Waals surface area contributed by atoms with E-state index in [1.54, 1.807) is 0 Å². The number of unbranched alkanes of at least 4 members (excludes halogenated alkanes) is 39. The standard InChI is InChI=1S/C66H123O11P/c1-4-7-10-13-16-19-22-25-27-29-31-33-35-38-40-43-46-49-52-55-64(68)73-59-63(77-66(70)57-54-51-48-45-42-39-36-34-32-30-28-26-23-20-17-14-11-8-5-2)61-75-78(71,72)74-60-62(58-67)76-65(69)56-53-50-47-44-41-37-24-21-18-15-12-9-6-3/h16,19,25,27,31,33,62-63,67H,4-15,17-18,20-24,26,28-30,32,34-61H2,1-3H3,(H,71,72)/b19-16-,27-25-,33-31-. The molecule has 0 aliphatic heterocycles. The predicted octanol–water partition coefficient (Wildman–Crippen LogP) is 19.9. The van der Waals surface area contributed by atoms with Gasteiger partial charge in [-0.2, -0.15) is 0 Å². The number of phosphoric acid groups is 1. The molecule has 0 fully saturated rings. The fourth-order valence-electron chi connectivity index (χ4n) is 9.54. The molecule has 11 nitrogen and oxygen atoms in total. The van der Waals surface area contributed by atoms with Crippen LogP contribution in [0.4, 0.5) is 0 Å². The highest BCUT2D eigenvalue weighted by Crippen LogP contribution is 2.43. The minimum absolute atomic E-state index is 0.171. The number of carbonyl (C=O) groups excluding carboxylic acids is 3. The van der Waals surface area contributed by atoms with Gasteiger partial charge in [0.2, 0.25) is 0 Å². The van der Waals surface area contributed by atoms with Crippen LogP contribution in [0.5, 0.6) is 0 Å². The van der Waals surface area contributed by atoms with E-state index in [4.69, 9.17) is 23.3 Å². The van der Waals surface area contributed by atoms with Gasteiger partial charge in [0.05, 0.1) is 19.8 Å². The van der Waals surface area contributed by atoms with Crippen molar-refractivity contribution in [2.45, 2.75) is 341 Å². The molecule has 0 heterocycles. The van der Waals surface area contributed by atoms with Gasteiger partial charge in [0, 0.05) is 19.3 Å². The van der Waals surface area contributed by atoms with Crippen LogP contribution in [-0.2, 0) is 42.2 Å². The van der Waals surface area contributed by atoms with E-state index in [1.165, 1.54) is 180 Å². The van der Waals surface area contributed by atoms with Crippen LogP contribution >= 0.6 is 7.82 Å². The second-order valence-electron chi connectivity index (χ2n) is 22.3. The quantitative estimate of drug-likeness (QED) is 0.0197. The van der Waals surface area contributed by atoms with E-state index in [0.29, 0.717) is 19.3 Å². The molecule has 0 amide bonds. The van der Waals surface area contributed by atoms with Crippen molar-refractivity contribution in [2.75, 3.05) is 26.4 Å². The molecule has 3 atom stereocenters. The molecule has 0 spiro atoms. The number of allylic oxidation sites excluding steroid dienone is 6. The molecule has 0 aromatic heterocycles. The van der Waals surface area contributed by atoms with Crippen LogP contribution in [0.25, 0.3) is 0 Å². The molecule has 12 heteroatoms.